The molecule has 4 nitrogen and oxygen atoms in total. The summed E-state index contributed by atoms with van der Waals surface area (Å²) in [5.41, 5.74) is 0.794. The Morgan fingerprint density at radius 3 is 2.75 bits per heavy atom. The third kappa shape index (κ3) is 3.93. The molecule has 20 heavy (non-hydrogen) atoms. The Morgan fingerprint density at radius 1 is 1.40 bits per heavy atom. The SMILES string of the molecule is CC(NCc1ccc(Cl)cc1[N+](=O)[O-])C1CCCCC1. The summed E-state index contributed by atoms with van der Waals surface area (Å²) in [7, 11) is 0. The van der Waals surface area contributed by atoms with Crippen LogP contribution in [0.2, 0.25) is 5.02 Å². The van der Waals surface area contributed by atoms with Gasteiger partial charge in [0.15, 0.2) is 0 Å². The second kappa shape index (κ2) is 7.04. The molecule has 5 heteroatoms. The van der Waals surface area contributed by atoms with Crippen LogP contribution < -0.4 is 5.32 Å². The van der Waals surface area contributed by atoms with Gasteiger partial charge in [0.25, 0.3) is 5.69 Å². The number of nitro groups is 1. The van der Waals surface area contributed by atoms with Crippen molar-refractivity contribution in [2.24, 2.45) is 5.92 Å². The summed E-state index contributed by atoms with van der Waals surface area (Å²) in [6.07, 6.45) is 6.47. The van der Waals surface area contributed by atoms with E-state index in [1.165, 1.54) is 38.2 Å². The number of nitro benzene ring substituents is 1. The molecule has 1 N–H and O–H groups in total. The van der Waals surface area contributed by atoms with E-state index in [1.807, 2.05) is 0 Å². The maximum absolute atomic E-state index is 11.0. The van der Waals surface area contributed by atoms with Crippen molar-refractivity contribution in [3.8, 4) is 0 Å². The van der Waals surface area contributed by atoms with Crippen molar-refractivity contribution in [1.29, 1.82) is 0 Å². The molecule has 0 heterocycles. The fourth-order valence-corrected chi connectivity index (χ4v) is 3.09. The Balaban J connectivity index is 1.97. The second-order valence-corrected chi connectivity index (χ2v) is 6.03. The predicted molar refractivity (Wildman–Crippen MR) is 81.0 cm³/mol. The van der Waals surface area contributed by atoms with Crippen LogP contribution in [0.25, 0.3) is 0 Å². The quantitative estimate of drug-likeness (QED) is 0.651. The first-order valence-electron chi connectivity index (χ1n) is 7.24. The average molecular weight is 297 g/mol. The molecule has 110 valence electrons. The van der Waals surface area contributed by atoms with E-state index >= 15 is 0 Å². The van der Waals surface area contributed by atoms with Crippen molar-refractivity contribution < 1.29 is 4.92 Å². The van der Waals surface area contributed by atoms with Crippen molar-refractivity contribution in [3.05, 3.63) is 38.9 Å². The number of hydrogen-bond acceptors (Lipinski definition) is 3. The van der Waals surface area contributed by atoms with Crippen molar-refractivity contribution in [1.82, 2.24) is 5.32 Å². The number of halogens is 1. The number of benzene rings is 1. The zero-order valence-electron chi connectivity index (χ0n) is 11.8. The molecule has 1 atom stereocenters. The first kappa shape index (κ1) is 15.3. The van der Waals surface area contributed by atoms with Crippen molar-refractivity contribution in [2.45, 2.75) is 51.6 Å². The average Bonchev–Trinajstić information content (AvgIpc) is 2.46. The molecule has 0 spiro atoms. The number of hydrogen-bond donors (Lipinski definition) is 1. The molecule has 1 aliphatic carbocycles. The Morgan fingerprint density at radius 2 is 2.10 bits per heavy atom. The highest BCUT2D eigenvalue weighted by molar-refractivity contribution is 6.30. The van der Waals surface area contributed by atoms with E-state index < -0.39 is 0 Å². The van der Waals surface area contributed by atoms with E-state index in [0.29, 0.717) is 29.1 Å². The number of nitrogens with zero attached hydrogens (tertiary/aromatic N) is 1. The zero-order chi connectivity index (χ0) is 14.5. The van der Waals surface area contributed by atoms with Crippen LogP contribution in [0.5, 0.6) is 0 Å². The van der Waals surface area contributed by atoms with Gasteiger partial charge in [-0.25, -0.2) is 0 Å². The van der Waals surface area contributed by atoms with E-state index in [0.717, 1.165) is 0 Å². The van der Waals surface area contributed by atoms with Gasteiger partial charge in [-0.15, -0.1) is 0 Å². The molecule has 0 aromatic heterocycles. The van der Waals surface area contributed by atoms with Crippen molar-refractivity contribution in [2.75, 3.05) is 0 Å². The topological polar surface area (TPSA) is 55.2 Å². The molecule has 0 saturated heterocycles. The lowest BCUT2D eigenvalue weighted by Gasteiger charge is -2.28. The molecule has 1 saturated carbocycles. The standard InChI is InChI=1S/C15H21ClN2O2/c1-11(12-5-3-2-4-6-12)17-10-13-7-8-14(16)9-15(13)18(19)20/h7-9,11-12,17H,2-6,10H2,1H3. The lowest BCUT2D eigenvalue weighted by atomic mass is 9.84. The van der Waals surface area contributed by atoms with Crippen LogP contribution in [-0.4, -0.2) is 11.0 Å². The van der Waals surface area contributed by atoms with Gasteiger partial charge >= 0.3 is 0 Å². The van der Waals surface area contributed by atoms with Gasteiger partial charge in [0, 0.05) is 29.2 Å². The van der Waals surface area contributed by atoms with Crippen LogP contribution in [0.4, 0.5) is 5.69 Å². The molecule has 1 fully saturated rings. The normalized spacial score (nSPS) is 17.9. The third-order valence-electron chi connectivity index (χ3n) is 4.22. The van der Waals surface area contributed by atoms with E-state index in [1.54, 1.807) is 12.1 Å². The molecule has 0 aliphatic heterocycles. The Hall–Kier alpha value is -1.13. The zero-order valence-corrected chi connectivity index (χ0v) is 12.5. The van der Waals surface area contributed by atoms with Crippen LogP contribution >= 0.6 is 11.6 Å². The highest BCUT2D eigenvalue weighted by atomic mass is 35.5. The summed E-state index contributed by atoms with van der Waals surface area (Å²) < 4.78 is 0. The van der Waals surface area contributed by atoms with Gasteiger partial charge in [-0.1, -0.05) is 30.9 Å². The van der Waals surface area contributed by atoms with Crippen LogP contribution in [0, 0.1) is 16.0 Å². The Bertz CT molecular complexity index is 473. The fraction of sp³-hybridized carbons (Fsp3) is 0.600. The summed E-state index contributed by atoms with van der Waals surface area (Å²) in [6.45, 7) is 2.70. The van der Waals surface area contributed by atoms with E-state index in [4.69, 9.17) is 11.6 Å². The summed E-state index contributed by atoms with van der Waals surface area (Å²) in [4.78, 5) is 10.7. The minimum atomic E-state index is -0.367. The van der Waals surface area contributed by atoms with Gasteiger partial charge in [0.05, 0.1) is 4.92 Å². The molecule has 1 aromatic rings. The summed E-state index contributed by atoms with van der Waals surface area (Å²) in [5.74, 6) is 0.690. The predicted octanol–water partition coefficient (Wildman–Crippen LogP) is 4.31. The Kier molecular flexibility index (Phi) is 5.38. The maximum Gasteiger partial charge on any atom is 0.275 e. The van der Waals surface area contributed by atoms with E-state index in [-0.39, 0.29) is 10.6 Å². The van der Waals surface area contributed by atoms with Gasteiger partial charge in [-0.2, -0.15) is 0 Å². The van der Waals surface area contributed by atoms with Gasteiger partial charge in [-0.3, -0.25) is 10.1 Å². The third-order valence-corrected chi connectivity index (χ3v) is 4.45. The van der Waals surface area contributed by atoms with Gasteiger partial charge in [0.2, 0.25) is 0 Å². The lowest BCUT2D eigenvalue weighted by molar-refractivity contribution is -0.385. The van der Waals surface area contributed by atoms with Crippen LogP contribution in [-0.2, 0) is 6.54 Å². The highest BCUT2D eigenvalue weighted by Gasteiger charge is 2.21. The largest absolute Gasteiger partial charge is 0.310 e. The Labute approximate surface area is 124 Å². The summed E-state index contributed by atoms with van der Waals surface area (Å²) in [6, 6.07) is 5.26. The maximum atomic E-state index is 11.0. The van der Waals surface area contributed by atoms with Crippen molar-refractivity contribution >= 4 is 17.3 Å². The van der Waals surface area contributed by atoms with Gasteiger partial charge in [-0.05, 0) is 37.8 Å². The monoisotopic (exact) mass is 296 g/mol. The fourth-order valence-electron chi connectivity index (χ4n) is 2.93. The van der Waals surface area contributed by atoms with Crippen LogP contribution in [0.1, 0.15) is 44.6 Å². The molecular formula is C15H21ClN2O2. The number of nitrogens with one attached hydrogen (secondary N) is 1. The van der Waals surface area contributed by atoms with Gasteiger partial charge in [0.1, 0.15) is 0 Å². The molecule has 1 aromatic carbocycles. The molecule has 1 unspecified atom stereocenters. The second-order valence-electron chi connectivity index (χ2n) is 5.60. The summed E-state index contributed by atoms with van der Waals surface area (Å²) >= 11 is 5.82. The number of rotatable bonds is 5. The smallest absolute Gasteiger partial charge is 0.275 e. The summed E-state index contributed by atoms with van der Waals surface area (Å²) in [5, 5.41) is 14.9. The molecule has 0 bridgehead atoms. The molecule has 0 radical (unpaired) electrons. The molecule has 1 aliphatic rings. The van der Waals surface area contributed by atoms with Crippen LogP contribution in [0.15, 0.2) is 18.2 Å². The highest BCUT2D eigenvalue weighted by Crippen LogP contribution is 2.27. The molecular weight excluding hydrogens is 276 g/mol. The van der Waals surface area contributed by atoms with E-state index in [2.05, 4.69) is 12.2 Å². The minimum Gasteiger partial charge on any atom is -0.310 e. The van der Waals surface area contributed by atoms with Crippen molar-refractivity contribution in [3.63, 3.8) is 0 Å². The minimum absolute atomic E-state index is 0.0980. The molecule has 0 amide bonds. The van der Waals surface area contributed by atoms with Gasteiger partial charge < -0.3 is 5.32 Å². The first-order chi connectivity index (χ1) is 9.58. The van der Waals surface area contributed by atoms with E-state index in [9.17, 15) is 10.1 Å². The molecule has 2 rings (SSSR count). The first-order valence-corrected chi connectivity index (χ1v) is 7.62. The van der Waals surface area contributed by atoms with Crippen LogP contribution in [0.3, 0.4) is 0 Å². The lowest BCUT2D eigenvalue weighted by Crippen LogP contribution is -2.34.